The molecule has 0 amide bonds. The zero-order chi connectivity index (χ0) is 31.6. The van der Waals surface area contributed by atoms with Crippen LogP contribution in [0, 0.1) is 0 Å². The highest BCUT2D eigenvalue weighted by atomic mass is 28.4. The number of aliphatic hydroxyl groups is 2. The van der Waals surface area contributed by atoms with E-state index < -0.39 is 14.4 Å². The van der Waals surface area contributed by atoms with Gasteiger partial charge in [0.15, 0.2) is 0 Å². The van der Waals surface area contributed by atoms with E-state index in [1.54, 1.807) is 18.2 Å². The summed E-state index contributed by atoms with van der Waals surface area (Å²) in [7, 11) is -2.80. The van der Waals surface area contributed by atoms with Gasteiger partial charge < -0.3 is 19.7 Å². The van der Waals surface area contributed by atoms with Crippen LogP contribution in [0.1, 0.15) is 44.7 Å². The van der Waals surface area contributed by atoms with E-state index in [1.807, 2.05) is 42.5 Å². The second kappa shape index (κ2) is 15.1. The van der Waals surface area contributed by atoms with Gasteiger partial charge in [-0.05, 0) is 68.2 Å². The predicted octanol–water partition coefficient (Wildman–Crippen LogP) is 7.13. The molecular weight excluding hydrogens is 561 g/mol. The Kier molecular flexibility index (Phi) is 11.3. The Balaban J connectivity index is 1.58. The molecule has 4 rings (SSSR count). The molecule has 0 bridgehead atoms. The second-order valence-electron chi connectivity index (χ2n) is 12.1. The smallest absolute Gasteiger partial charge is 0.261 e. The number of allylic oxidation sites excluding steroid dienone is 1. The van der Waals surface area contributed by atoms with Crippen molar-refractivity contribution >= 4 is 30.3 Å². The van der Waals surface area contributed by atoms with Gasteiger partial charge in [-0.2, -0.15) is 0 Å². The number of phenols is 1. The van der Waals surface area contributed by atoms with Crippen LogP contribution >= 0.6 is 0 Å². The number of aliphatic hydroxyl groups excluding tert-OH is 2. The molecule has 1 unspecified atom stereocenters. The monoisotopic (exact) mass is 604 g/mol. The minimum Gasteiger partial charge on any atom is -0.508 e. The van der Waals surface area contributed by atoms with E-state index in [0.29, 0.717) is 24.0 Å². The molecule has 0 saturated heterocycles. The number of rotatable bonds is 13. The van der Waals surface area contributed by atoms with Crippen molar-refractivity contribution in [1.82, 2.24) is 0 Å². The van der Waals surface area contributed by atoms with E-state index >= 15 is 0 Å². The van der Waals surface area contributed by atoms with Gasteiger partial charge in [0.25, 0.3) is 8.32 Å². The molecule has 0 radical (unpaired) electrons. The third-order valence-corrected chi connectivity index (χ3v) is 13.0. The first-order chi connectivity index (χ1) is 21.2. The van der Waals surface area contributed by atoms with E-state index in [4.69, 9.17) is 4.43 Å². The van der Waals surface area contributed by atoms with Gasteiger partial charge in [-0.3, -0.25) is 0 Å². The van der Waals surface area contributed by atoms with Crippen LogP contribution in [-0.2, 0) is 4.43 Å². The Morgan fingerprint density at radius 3 is 1.84 bits per heavy atom. The number of hydrogen-bond acceptors (Lipinski definition) is 4. The number of phenolic OH excluding ortho intramolecular Hbond substituents is 1. The molecule has 1 atom stereocenters. The van der Waals surface area contributed by atoms with Gasteiger partial charge in [0, 0.05) is 0 Å². The van der Waals surface area contributed by atoms with E-state index in [9.17, 15) is 15.3 Å². The molecule has 4 aromatic carbocycles. The number of hydrogen-bond donors (Lipinski definition) is 3. The summed E-state index contributed by atoms with van der Waals surface area (Å²) in [5.41, 5.74) is 4.35. The SMILES string of the molecule is C=C(CO[Si](c1ccccc1)(c1ccccc1)C(C)(C)C)/C(=C/CO)C(O)CC/C(=C/c1ccc(O)cc1)c1ccccc1. The van der Waals surface area contributed by atoms with Gasteiger partial charge in [0.1, 0.15) is 5.75 Å². The molecule has 0 fully saturated rings. The third-order valence-electron chi connectivity index (χ3n) is 8.02. The Morgan fingerprint density at radius 1 is 0.818 bits per heavy atom. The minimum atomic E-state index is -2.80. The van der Waals surface area contributed by atoms with Crippen LogP contribution in [0.4, 0.5) is 0 Å². The molecule has 0 aliphatic rings. The lowest BCUT2D eigenvalue weighted by Gasteiger charge is -2.43. The van der Waals surface area contributed by atoms with Crippen molar-refractivity contribution in [2.24, 2.45) is 0 Å². The molecular formula is C39H44O4Si. The lowest BCUT2D eigenvalue weighted by Crippen LogP contribution is -2.66. The number of aromatic hydroxyl groups is 1. The molecule has 5 heteroatoms. The first kappa shape index (κ1) is 32.9. The maximum absolute atomic E-state index is 11.5. The second-order valence-corrected chi connectivity index (χ2v) is 16.4. The van der Waals surface area contributed by atoms with E-state index in [0.717, 1.165) is 16.7 Å². The predicted molar refractivity (Wildman–Crippen MR) is 186 cm³/mol. The first-order valence-corrected chi connectivity index (χ1v) is 17.0. The van der Waals surface area contributed by atoms with Crippen LogP contribution in [0.2, 0.25) is 5.04 Å². The van der Waals surface area contributed by atoms with Gasteiger partial charge >= 0.3 is 0 Å². The normalized spacial score (nSPS) is 13.5. The van der Waals surface area contributed by atoms with Crippen molar-refractivity contribution in [3.05, 3.63) is 150 Å². The van der Waals surface area contributed by atoms with Crippen molar-refractivity contribution in [2.45, 2.75) is 44.8 Å². The lowest BCUT2D eigenvalue weighted by atomic mass is 9.93. The third kappa shape index (κ3) is 7.93. The lowest BCUT2D eigenvalue weighted by molar-refractivity contribution is 0.199. The van der Waals surface area contributed by atoms with Crippen LogP contribution < -0.4 is 10.4 Å². The fourth-order valence-electron chi connectivity index (χ4n) is 5.83. The van der Waals surface area contributed by atoms with Gasteiger partial charge in [-0.15, -0.1) is 0 Å². The average molecular weight is 605 g/mol. The van der Waals surface area contributed by atoms with Crippen LogP contribution in [0.5, 0.6) is 5.75 Å². The molecule has 228 valence electrons. The first-order valence-electron chi connectivity index (χ1n) is 15.1. The largest absolute Gasteiger partial charge is 0.508 e. The average Bonchev–Trinajstić information content (AvgIpc) is 3.03. The molecule has 4 nitrogen and oxygen atoms in total. The minimum absolute atomic E-state index is 0.195. The van der Waals surface area contributed by atoms with Gasteiger partial charge in [-0.1, -0.05) is 143 Å². The zero-order valence-electron chi connectivity index (χ0n) is 26.0. The van der Waals surface area contributed by atoms with E-state index in [-0.39, 0.29) is 24.0 Å². The molecule has 3 N–H and O–H groups in total. The van der Waals surface area contributed by atoms with Crippen molar-refractivity contribution in [3.63, 3.8) is 0 Å². The summed E-state index contributed by atoms with van der Waals surface area (Å²) < 4.78 is 7.06. The molecule has 0 spiro atoms. The summed E-state index contributed by atoms with van der Waals surface area (Å²) in [6.07, 6.45) is 3.91. The fourth-order valence-corrected chi connectivity index (χ4v) is 10.4. The quantitative estimate of drug-likeness (QED) is 0.0863. The molecule has 0 aliphatic heterocycles. The van der Waals surface area contributed by atoms with Crippen molar-refractivity contribution in [1.29, 1.82) is 0 Å². The zero-order valence-corrected chi connectivity index (χ0v) is 27.0. The van der Waals surface area contributed by atoms with Crippen LogP contribution in [-0.4, -0.2) is 43.0 Å². The highest BCUT2D eigenvalue weighted by molar-refractivity contribution is 6.99. The molecule has 0 saturated carbocycles. The Bertz CT molecular complexity index is 1500. The van der Waals surface area contributed by atoms with E-state index in [2.05, 4.69) is 94.1 Å². The van der Waals surface area contributed by atoms with Gasteiger partial charge in [-0.25, -0.2) is 0 Å². The van der Waals surface area contributed by atoms with Crippen molar-refractivity contribution < 1.29 is 19.7 Å². The molecule has 0 aromatic heterocycles. The highest BCUT2D eigenvalue weighted by Crippen LogP contribution is 2.37. The maximum atomic E-state index is 11.5. The molecule has 44 heavy (non-hydrogen) atoms. The maximum Gasteiger partial charge on any atom is 0.261 e. The Morgan fingerprint density at radius 2 is 1.34 bits per heavy atom. The standard InChI is InChI=1S/C39H44O4Si/c1-30(29-43-44(39(2,3)4,35-16-10-6-11-17-35)36-18-12-7-13-19-36)37(26-27-40)38(42)25-22-33(32-14-8-5-9-15-32)28-31-20-23-34(41)24-21-31/h5-21,23-24,26,28,38,40-42H,1,22,25,27,29H2,2-4H3/b33-28-,37-26-. The van der Waals surface area contributed by atoms with Crippen molar-refractivity contribution in [2.75, 3.05) is 13.2 Å². The highest BCUT2D eigenvalue weighted by Gasteiger charge is 2.50. The molecule has 4 aromatic rings. The van der Waals surface area contributed by atoms with Crippen LogP contribution in [0.15, 0.2) is 139 Å². The summed E-state index contributed by atoms with van der Waals surface area (Å²) in [4.78, 5) is 0. The summed E-state index contributed by atoms with van der Waals surface area (Å²) >= 11 is 0. The Hall–Kier alpha value is -4.00. The summed E-state index contributed by atoms with van der Waals surface area (Å²) in [5.74, 6) is 0.219. The van der Waals surface area contributed by atoms with E-state index in [1.165, 1.54) is 10.4 Å². The van der Waals surface area contributed by atoms with Crippen LogP contribution in [0.25, 0.3) is 11.6 Å². The summed E-state index contributed by atoms with van der Waals surface area (Å²) in [5, 5.41) is 33.3. The van der Waals surface area contributed by atoms with Crippen LogP contribution in [0.3, 0.4) is 0 Å². The topological polar surface area (TPSA) is 69.9 Å². The van der Waals surface area contributed by atoms with Gasteiger partial charge in [0.2, 0.25) is 0 Å². The van der Waals surface area contributed by atoms with Crippen molar-refractivity contribution in [3.8, 4) is 5.75 Å². The Labute approximate surface area is 263 Å². The fraction of sp³-hybridized carbons (Fsp3) is 0.231. The summed E-state index contributed by atoms with van der Waals surface area (Å²) in [6.45, 7) is 11.1. The summed E-state index contributed by atoms with van der Waals surface area (Å²) in [6, 6.07) is 38.0. The number of benzene rings is 4. The van der Waals surface area contributed by atoms with Gasteiger partial charge in [0.05, 0.1) is 19.3 Å². The molecule has 0 heterocycles. The molecule has 0 aliphatic carbocycles.